The minimum Gasteiger partial charge on any atom is -0.375 e. The fraction of sp³-hybridized carbons (Fsp3) is 0.545. The average molecular weight is 264 g/mol. The van der Waals surface area contributed by atoms with Crippen molar-refractivity contribution in [2.75, 3.05) is 18.8 Å². The van der Waals surface area contributed by atoms with Gasteiger partial charge in [-0.3, -0.25) is 10.00 Å². The maximum Gasteiger partial charge on any atom is 0.180 e. The van der Waals surface area contributed by atoms with Crippen LogP contribution in [0.25, 0.3) is 0 Å². The summed E-state index contributed by atoms with van der Waals surface area (Å²) in [5.74, 6) is 1.47. The first-order valence-corrected chi connectivity index (χ1v) is 6.90. The molecule has 1 aliphatic heterocycles. The molecule has 0 spiro atoms. The number of nitrogen functional groups attached to an aromatic ring is 1. The van der Waals surface area contributed by atoms with Crippen molar-refractivity contribution in [2.45, 2.75) is 25.3 Å². The Kier molecular flexibility index (Phi) is 3.24. The second kappa shape index (κ2) is 5.03. The number of hydrogen-bond donors (Lipinski definition) is 2. The molecule has 0 radical (unpaired) electrons. The van der Waals surface area contributed by atoms with Crippen molar-refractivity contribution in [2.24, 2.45) is 0 Å². The molecular formula is C11H16N6S. The van der Waals surface area contributed by atoms with Crippen molar-refractivity contribution in [3.8, 4) is 0 Å². The Morgan fingerprint density at radius 3 is 3.17 bits per heavy atom. The number of nitrogens with zero attached hydrogens (tertiary/aromatic N) is 4. The Hall–Kier alpha value is -1.47. The summed E-state index contributed by atoms with van der Waals surface area (Å²) in [6.07, 6.45) is 5.83. The predicted octanol–water partition coefficient (Wildman–Crippen LogP) is 1.22. The van der Waals surface area contributed by atoms with E-state index in [0.29, 0.717) is 11.0 Å². The van der Waals surface area contributed by atoms with Gasteiger partial charge in [0.15, 0.2) is 5.13 Å². The SMILES string of the molecule is Nc1ncc(CN2CCCC(c3ncn[nH]3)C2)s1. The lowest BCUT2D eigenvalue weighted by atomic mass is 9.97. The van der Waals surface area contributed by atoms with Gasteiger partial charge in [-0.05, 0) is 19.4 Å². The van der Waals surface area contributed by atoms with Gasteiger partial charge in [-0.15, -0.1) is 11.3 Å². The zero-order valence-electron chi connectivity index (χ0n) is 10.0. The van der Waals surface area contributed by atoms with Crippen molar-refractivity contribution in [1.82, 2.24) is 25.1 Å². The first-order chi connectivity index (χ1) is 8.81. The number of H-pyrrole nitrogens is 1. The summed E-state index contributed by atoms with van der Waals surface area (Å²) in [6.45, 7) is 3.08. The molecule has 6 nitrogen and oxygen atoms in total. The van der Waals surface area contributed by atoms with Crippen molar-refractivity contribution < 1.29 is 0 Å². The predicted molar refractivity (Wildman–Crippen MR) is 70.2 cm³/mol. The topological polar surface area (TPSA) is 83.7 Å². The summed E-state index contributed by atoms with van der Waals surface area (Å²) in [6, 6.07) is 0. The van der Waals surface area contributed by atoms with Crippen LogP contribution in [0.15, 0.2) is 12.5 Å². The number of likely N-dealkylation sites (tertiary alicyclic amines) is 1. The third kappa shape index (κ3) is 2.51. The van der Waals surface area contributed by atoms with E-state index in [0.717, 1.165) is 25.5 Å². The number of rotatable bonds is 3. The van der Waals surface area contributed by atoms with Crippen molar-refractivity contribution in [3.05, 3.63) is 23.2 Å². The van der Waals surface area contributed by atoms with Crippen molar-refractivity contribution in [1.29, 1.82) is 0 Å². The van der Waals surface area contributed by atoms with E-state index in [2.05, 4.69) is 25.1 Å². The van der Waals surface area contributed by atoms with Crippen molar-refractivity contribution >= 4 is 16.5 Å². The number of thiazole rings is 1. The molecule has 1 aliphatic rings. The second-order valence-electron chi connectivity index (χ2n) is 4.61. The maximum atomic E-state index is 5.65. The number of aromatic amines is 1. The van der Waals surface area contributed by atoms with Gasteiger partial charge in [-0.2, -0.15) is 5.10 Å². The zero-order valence-corrected chi connectivity index (χ0v) is 10.9. The summed E-state index contributed by atoms with van der Waals surface area (Å²) in [5, 5.41) is 7.56. The zero-order chi connectivity index (χ0) is 12.4. The van der Waals surface area contributed by atoms with Gasteiger partial charge in [0.2, 0.25) is 0 Å². The molecule has 96 valence electrons. The van der Waals surface area contributed by atoms with E-state index in [1.807, 2.05) is 6.20 Å². The van der Waals surface area contributed by atoms with E-state index in [-0.39, 0.29) is 0 Å². The largest absolute Gasteiger partial charge is 0.375 e. The molecule has 18 heavy (non-hydrogen) atoms. The fourth-order valence-electron chi connectivity index (χ4n) is 2.45. The van der Waals surface area contributed by atoms with Gasteiger partial charge in [0, 0.05) is 30.1 Å². The first-order valence-electron chi connectivity index (χ1n) is 6.09. The van der Waals surface area contributed by atoms with Gasteiger partial charge in [0.05, 0.1) is 0 Å². The fourth-order valence-corrected chi connectivity index (χ4v) is 3.18. The average Bonchev–Trinajstić information content (AvgIpc) is 3.01. The molecule has 2 aromatic heterocycles. The van der Waals surface area contributed by atoms with Gasteiger partial charge in [-0.1, -0.05) is 0 Å². The molecule has 1 unspecified atom stereocenters. The first kappa shape index (κ1) is 11.6. The molecule has 0 amide bonds. The molecule has 0 aromatic carbocycles. The highest BCUT2D eigenvalue weighted by Gasteiger charge is 2.23. The Morgan fingerprint density at radius 1 is 1.50 bits per heavy atom. The third-order valence-electron chi connectivity index (χ3n) is 3.28. The highest BCUT2D eigenvalue weighted by molar-refractivity contribution is 7.15. The second-order valence-corrected chi connectivity index (χ2v) is 5.76. The van der Waals surface area contributed by atoms with Gasteiger partial charge >= 0.3 is 0 Å². The number of nitrogens with one attached hydrogen (secondary N) is 1. The summed E-state index contributed by atoms with van der Waals surface area (Å²) in [5.41, 5.74) is 5.65. The van der Waals surface area contributed by atoms with Crippen LogP contribution in [0.5, 0.6) is 0 Å². The highest BCUT2D eigenvalue weighted by Crippen LogP contribution is 2.26. The summed E-state index contributed by atoms with van der Waals surface area (Å²) < 4.78 is 0. The summed E-state index contributed by atoms with van der Waals surface area (Å²) in [7, 11) is 0. The molecule has 3 heterocycles. The van der Waals surface area contributed by atoms with Crippen LogP contribution < -0.4 is 5.73 Å². The van der Waals surface area contributed by atoms with Gasteiger partial charge in [0.25, 0.3) is 0 Å². The third-order valence-corrected chi connectivity index (χ3v) is 4.09. The number of hydrogen-bond acceptors (Lipinski definition) is 6. The molecule has 0 saturated carbocycles. The Balaban J connectivity index is 1.63. The summed E-state index contributed by atoms with van der Waals surface area (Å²) in [4.78, 5) is 12.0. The quantitative estimate of drug-likeness (QED) is 0.871. The Morgan fingerprint density at radius 2 is 2.44 bits per heavy atom. The molecule has 1 atom stereocenters. The minimum atomic E-state index is 0.464. The molecule has 1 fully saturated rings. The lowest BCUT2D eigenvalue weighted by Gasteiger charge is -2.31. The molecule has 7 heteroatoms. The van der Waals surface area contributed by atoms with Crippen LogP contribution in [0.2, 0.25) is 0 Å². The monoisotopic (exact) mass is 264 g/mol. The Bertz CT molecular complexity index is 493. The molecule has 3 N–H and O–H groups in total. The van der Waals surface area contributed by atoms with Crippen LogP contribution in [0.4, 0.5) is 5.13 Å². The number of piperidine rings is 1. The van der Waals surface area contributed by atoms with Crippen LogP contribution in [0.1, 0.15) is 29.5 Å². The molecule has 3 rings (SSSR count). The van der Waals surface area contributed by atoms with E-state index in [9.17, 15) is 0 Å². The van der Waals surface area contributed by atoms with Crippen LogP contribution in [0, 0.1) is 0 Å². The maximum absolute atomic E-state index is 5.65. The van der Waals surface area contributed by atoms with Crippen LogP contribution in [-0.2, 0) is 6.54 Å². The van der Waals surface area contributed by atoms with Gasteiger partial charge in [0.1, 0.15) is 12.2 Å². The number of aromatic nitrogens is 4. The smallest absolute Gasteiger partial charge is 0.180 e. The summed E-state index contributed by atoms with van der Waals surface area (Å²) >= 11 is 1.57. The van der Waals surface area contributed by atoms with Crippen LogP contribution in [0.3, 0.4) is 0 Å². The van der Waals surface area contributed by atoms with Crippen LogP contribution >= 0.6 is 11.3 Å². The number of anilines is 1. The lowest BCUT2D eigenvalue weighted by Crippen LogP contribution is -2.34. The molecule has 0 bridgehead atoms. The van der Waals surface area contributed by atoms with E-state index >= 15 is 0 Å². The van der Waals surface area contributed by atoms with E-state index < -0.39 is 0 Å². The van der Waals surface area contributed by atoms with E-state index in [1.165, 1.54) is 17.7 Å². The highest BCUT2D eigenvalue weighted by atomic mass is 32.1. The minimum absolute atomic E-state index is 0.464. The molecule has 0 aliphatic carbocycles. The van der Waals surface area contributed by atoms with Gasteiger partial charge in [-0.25, -0.2) is 9.97 Å². The standard InChI is InChI=1S/C11H16N6S/c12-11-13-4-9(18-11)6-17-3-1-2-8(5-17)10-14-7-15-16-10/h4,7-8H,1-3,5-6H2,(H2,12,13)(H,14,15,16). The van der Waals surface area contributed by atoms with Crippen LogP contribution in [-0.4, -0.2) is 38.2 Å². The molecular weight excluding hydrogens is 248 g/mol. The lowest BCUT2D eigenvalue weighted by molar-refractivity contribution is 0.198. The van der Waals surface area contributed by atoms with Crippen molar-refractivity contribution in [3.63, 3.8) is 0 Å². The van der Waals surface area contributed by atoms with E-state index in [4.69, 9.17) is 5.73 Å². The molecule has 1 saturated heterocycles. The number of nitrogens with two attached hydrogens (primary N) is 1. The Labute approximate surface area is 109 Å². The van der Waals surface area contributed by atoms with E-state index in [1.54, 1.807) is 17.7 Å². The van der Waals surface area contributed by atoms with Gasteiger partial charge < -0.3 is 5.73 Å². The normalized spacial score (nSPS) is 21.2. The molecule has 2 aromatic rings.